The molecule has 1 fully saturated rings. The molecule has 1 unspecified atom stereocenters. The molecule has 1 atom stereocenters. The molecule has 10 nitrogen and oxygen atoms in total. The van der Waals surface area contributed by atoms with Crippen LogP contribution in [0.2, 0.25) is 0 Å². The highest BCUT2D eigenvalue weighted by molar-refractivity contribution is 5.89. The maximum absolute atomic E-state index is 12.3. The van der Waals surface area contributed by atoms with Crippen LogP contribution in [0.1, 0.15) is 10.4 Å². The smallest absolute Gasteiger partial charge is 0.434 e. The Bertz CT molecular complexity index is 806. The summed E-state index contributed by atoms with van der Waals surface area (Å²) in [4.78, 5) is 39.5. The monoisotopic (exact) mass is 360 g/mol. The number of nitrogens with zero attached hydrogens (tertiary/aromatic N) is 4. The van der Waals surface area contributed by atoms with Crippen LogP contribution in [0.4, 0.5) is 10.7 Å². The Morgan fingerprint density at radius 2 is 2.12 bits per heavy atom. The van der Waals surface area contributed by atoms with Crippen molar-refractivity contribution < 1.29 is 24.0 Å². The molecule has 1 aliphatic heterocycles. The lowest BCUT2D eigenvalue weighted by Crippen LogP contribution is -2.38. The van der Waals surface area contributed by atoms with E-state index in [1.807, 2.05) is 0 Å². The van der Waals surface area contributed by atoms with E-state index in [1.54, 1.807) is 30.3 Å². The van der Waals surface area contributed by atoms with E-state index in [-0.39, 0.29) is 25.6 Å². The topological polar surface area (TPSA) is 117 Å². The molecule has 1 aliphatic rings. The summed E-state index contributed by atoms with van der Waals surface area (Å²) in [6.07, 6.45) is 1.40. The number of hydrogen-bond acceptors (Lipinski definition) is 7. The van der Waals surface area contributed by atoms with Gasteiger partial charge in [0.05, 0.1) is 18.7 Å². The Hall–Kier alpha value is -3.43. The molecule has 0 radical (unpaired) electrons. The van der Waals surface area contributed by atoms with Gasteiger partial charge in [-0.05, 0) is 17.1 Å². The molecule has 136 valence electrons. The molecule has 3 rings (SSSR count). The molecule has 1 aromatic carbocycles. The summed E-state index contributed by atoms with van der Waals surface area (Å²) in [5.74, 6) is -0.944. The zero-order valence-electron chi connectivity index (χ0n) is 13.7. The first-order chi connectivity index (χ1) is 12.5. The summed E-state index contributed by atoms with van der Waals surface area (Å²) in [5.41, 5.74) is 0.349. The van der Waals surface area contributed by atoms with Gasteiger partial charge in [-0.15, -0.1) is 0 Å². The van der Waals surface area contributed by atoms with Crippen molar-refractivity contribution in [3.63, 3.8) is 0 Å². The molecule has 2 heterocycles. The molecule has 2 aromatic rings. The van der Waals surface area contributed by atoms with Crippen LogP contribution in [-0.2, 0) is 16.0 Å². The fraction of sp³-hybridized carbons (Fsp3) is 0.312. The van der Waals surface area contributed by atoms with E-state index in [1.165, 1.54) is 21.9 Å². The summed E-state index contributed by atoms with van der Waals surface area (Å²) in [7, 11) is 0. The first kappa shape index (κ1) is 17.4. The van der Waals surface area contributed by atoms with Gasteiger partial charge < -0.3 is 24.5 Å². The van der Waals surface area contributed by atoms with E-state index in [4.69, 9.17) is 9.47 Å². The van der Waals surface area contributed by atoms with Crippen LogP contribution < -0.4 is 0 Å². The number of imidazole rings is 1. The summed E-state index contributed by atoms with van der Waals surface area (Å²) in [6, 6.07) is 8.37. The lowest BCUT2D eigenvalue weighted by Gasteiger charge is -2.21. The van der Waals surface area contributed by atoms with Gasteiger partial charge in [0.25, 0.3) is 0 Å². The molecule has 1 amide bonds. The number of carbonyl (C=O) groups is 2. The molecule has 0 spiro atoms. The number of carbonyl (C=O) groups excluding carboxylic acids is 2. The minimum absolute atomic E-state index is 0.0152. The third-order valence-corrected chi connectivity index (χ3v) is 3.81. The van der Waals surface area contributed by atoms with Crippen LogP contribution in [-0.4, -0.2) is 57.2 Å². The van der Waals surface area contributed by atoms with Gasteiger partial charge in [0.2, 0.25) is 0 Å². The molecule has 26 heavy (non-hydrogen) atoms. The molecular formula is C16H16N4O6. The maximum atomic E-state index is 12.3. The number of benzene rings is 1. The average Bonchev–Trinajstić information content (AvgIpc) is 3.25. The number of esters is 1. The van der Waals surface area contributed by atoms with Crippen LogP contribution in [0.5, 0.6) is 0 Å². The zero-order valence-corrected chi connectivity index (χ0v) is 13.7. The molecule has 0 N–H and O–H groups in total. The molecule has 0 saturated carbocycles. The predicted molar refractivity (Wildman–Crippen MR) is 87.4 cm³/mol. The largest absolute Gasteiger partial charge is 0.453 e. The first-order valence-electron chi connectivity index (χ1n) is 7.88. The van der Waals surface area contributed by atoms with Crippen molar-refractivity contribution >= 4 is 18.0 Å². The van der Waals surface area contributed by atoms with E-state index in [0.717, 1.165) is 0 Å². The highest BCUT2D eigenvalue weighted by Crippen LogP contribution is 2.14. The van der Waals surface area contributed by atoms with Crippen molar-refractivity contribution in [2.75, 3.05) is 19.7 Å². The van der Waals surface area contributed by atoms with Gasteiger partial charge in [-0.1, -0.05) is 23.2 Å². The van der Waals surface area contributed by atoms with Crippen LogP contribution in [0.3, 0.4) is 0 Å². The second-order valence-corrected chi connectivity index (χ2v) is 5.59. The molecule has 0 bridgehead atoms. The summed E-state index contributed by atoms with van der Waals surface area (Å²) in [6.45, 7) is 0.666. The van der Waals surface area contributed by atoms with E-state index in [2.05, 4.69) is 4.98 Å². The zero-order chi connectivity index (χ0) is 18.5. The third-order valence-electron chi connectivity index (χ3n) is 3.81. The molecule has 0 aliphatic carbocycles. The Morgan fingerprint density at radius 3 is 2.77 bits per heavy atom. The van der Waals surface area contributed by atoms with Gasteiger partial charge in [0.1, 0.15) is 25.5 Å². The number of ether oxygens (including phenoxy) is 2. The second-order valence-electron chi connectivity index (χ2n) is 5.59. The van der Waals surface area contributed by atoms with Gasteiger partial charge in [-0.2, -0.15) is 0 Å². The Balaban J connectivity index is 1.76. The number of rotatable bonds is 7. The highest BCUT2D eigenvalue weighted by atomic mass is 16.6. The summed E-state index contributed by atoms with van der Waals surface area (Å²) >= 11 is 0. The summed E-state index contributed by atoms with van der Waals surface area (Å²) < 4.78 is 11.6. The number of nitro groups is 1. The first-order valence-corrected chi connectivity index (χ1v) is 7.88. The van der Waals surface area contributed by atoms with Gasteiger partial charge >= 0.3 is 18.0 Å². The van der Waals surface area contributed by atoms with Crippen LogP contribution in [0.25, 0.3) is 0 Å². The minimum Gasteiger partial charge on any atom is -0.453 e. The molecule has 1 aromatic heterocycles. The minimum atomic E-state index is -0.804. The number of aromatic nitrogens is 2. The fourth-order valence-electron chi connectivity index (χ4n) is 2.60. The SMILES string of the molecule is O=C(OC(CN1CCOC1=O)Cn1ccnc1[N+](=O)[O-])c1ccccc1. The van der Waals surface area contributed by atoms with Crippen molar-refractivity contribution in [3.05, 3.63) is 58.4 Å². The van der Waals surface area contributed by atoms with Crippen molar-refractivity contribution in [2.24, 2.45) is 0 Å². The van der Waals surface area contributed by atoms with Crippen molar-refractivity contribution in [1.82, 2.24) is 14.5 Å². The van der Waals surface area contributed by atoms with Crippen molar-refractivity contribution in [1.29, 1.82) is 0 Å². The van der Waals surface area contributed by atoms with Crippen molar-refractivity contribution in [3.8, 4) is 0 Å². The number of hydrogen-bond donors (Lipinski definition) is 0. The molecule has 1 saturated heterocycles. The lowest BCUT2D eigenvalue weighted by atomic mass is 10.2. The van der Waals surface area contributed by atoms with Crippen LogP contribution in [0.15, 0.2) is 42.7 Å². The van der Waals surface area contributed by atoms with Gasteiger partial charge in [0, 0.05) is 0 Å². The Kier molecular flexibility index (Phi) is 5.11. The molecule has 10 heteroatoms. The van der Waals surface area contributed by atoms with Gasteiger partial charge in [-0.25, -0.2) is 14.2 Å². The van der Waals surface area contributed by atoms with Gasteiger partial charge in [-0.3, -0.25) is 0 Å². The quantitative estimate of drug-likeness (QED) is 0.417. The van der Waals surface area contributed by atoms with Crippen LogP contribution >= 0.6 is 0 Å². The van der Waals surface area contributed by atoms with E-state index in [9.17, 15) is 19.7 Å². The number of amides is 1. The fourth-order valence-corrected chi connectivity index (χ4v) is 2.60. The second kappa shape index (κ2) is 7.64. The molecular weight excluding hydrogens is 344 g/mol. The van der Waals surface area contributed by atoms with E-state index < -0.39 is 23.1 Å². The third kappa shape index (κ3) is 3.97. The van der Waals surface area contributed by atoms with Crippen molar-refractivity contribution in [2.45, 2.75) is 12.6 Å². The maximum Gasteiger partial charge on any atom is 0.434 e. The van der Waals surface area contributed by atoms with Crippen LogP contribution in [0, 0.1) is 10.1 Å². The lowest BCUT2D eigenvalue weighted by molar-refractivity contribution is -0.397. The predicted octanol–water partition coefficient (Wildman–Crippen LogP) is 1.47. The standard InChI is InChI=1S/C16H16N4O6/c21-14(12-4-2-1-3-5-12)26-13(11-19-8-9-25-16(19)22)10-18-7-6-17-15(18)20(23)24/h1-7,13H,8-11H2. The average molecular weight is 360 g/mol. The Labute approximate surface area is 148 Å². The van der Waals surface area contributed by atoms with Gasteiger partial charge in [0.15, 0.2) is 6.10 Å². The van der Waals surface area contributed by atoms with E-state index in [0.29, 0.717) is 12.1 Å². The van der Waals surface area contributed by atoms with E-state index >= 15 is 0 Å². The Morgan fingerprint density at radius 1 is 1.35 bits per heavy atom. The summed E-state index contributed by atoms with van der Waals surface area (Å²) in [5, 5.41) is 11.0. The highest BCUT2D eigenvalue weighted by Gasteiger charge is 2.29. The number of cyclic esters (lactones) is 1. The normalized spacial score (nSPS) is 14.8.